The van der Waals surface area contributed by atoms with Crippen LogP contribution in [0.3, 0.4) is 0 Å². The number of nitrogens with zero attached hydrogens (tertiary/aromatic N) is 4. The zero-order chi connectivity index (χ0) is 15.4. The van der Waals surface area contributed by atoms with Gasteiger partial charge >= 0.3 is 0 Å². The van der Waals surface area contributed by atoms with Gasteiger partial charge in [0.2, 0.25) is 0 Å². The third-order valence-electron chi connectivity index (χ3n) is 2.89. The van der Waals surface area contributed by atoms with Crippen LogP contribution in [0.5, 0.6) is 0 Å². The van der Waals surface area contributed by atoms with Gasteiger partial charge in [0.05, 0.1) is 10.6 Å². The van der Waals surface area contributed by atoms with Crippen LogP contribution < -0.4 is 5.43 Å². The minimum absolute atomic E-state index is 0.0538. The molecule has 1 aliphatic heterocycles. The molecule has 22 heavy (non-hydrogen) atoms. The Morgan fingerprint density at radius 1 is 1.27 bits per heavy atom. The SMILES string of the molecule is O=[N+]([O-])c1cccc(C2=NN/C(=N/c3ccccn3)SC2)c1. The number of rotatable bonds is 3. The van der Waals surface area contributed by atoms with Crippen molar-refractivity contribution >= 4 is 34.1 Å². The van der Waals surface area contributed by atoms with E-state index >= 15 is 0 Å². The highest BCUT2D eigenvalue weighted by atomic mass is 32.2. The number of hydrogen-bond acceptors (Lipinski definition) is 6. The van der Waals surface area contributed by atoms with Crippen LogP contribution in [0, 0.1) is 10.1 Å². The molecule has 8 heteroatoms. The third-order valence-corrected chi connectivity index (χ3v) is 3.76. The van der Waals surface area contributed by atoms with Crippen molar-refractivity contribution in [3.05, 3.63) is 64.3 Å². The number of benzene rings is 1. The maximum Gasteiger partial charge on any atom is 0.270 e. The van der Waals surface area contributed by atoms with E-state index < -0.39 is 4.92 Å². The van der Waals surface area contributed by atoms with Crippen LogP contribution in [0.2, 0.25) is 0 Å². The Morgan fingerprint density at radius 3 is 2.86 bits per heavy atom. The molecule has 7 nitrogen and oxygen atoms in total. The van der Waals surface area contributed by atoms with Crippen LogP contribution in [0.1, 0.15) is 5.56 Å². The summed E-state index contributed by atoms with van der Waals surface area (Å²) < 4.78 is 0. The number of nitro groups is 1. The lowest BCUT2D eigenvalue weighted by atomic mass is 10.1. The van der Waals surface area contributed by atoms with E-state index in [1.165, 1.54) is 23.9 Å². The molecule has 1 N–H and O–H groups in total. The fraction of sp³-hybridized carbons (Fsp3) is 0.0714. The summed E-state index contributed by atoms with van der Waals surface area (Å²) in [7, 11) is 0. The molecular weight excluding hydrogens is 302 g/mol. The summed E-state index contributed by atoms with van der Waals surface area (Å²) in [6.07, 6.45) is 1.67. The first-order valence-corrected chi connectivity index (χ1v) is 7.41. The summed E-state index contributed by atoms with van der Waals surface area (Å²) in [5.41, 5.74) is 4.38. The van der Waals surface area contributed by atoms with E-state index in [0.29, 0.717) is 16.7 Å². The summed E-state index contributed by atoms with van der Waals surface area (Å²) in [6.45, 7) is 0. The van der Waals surface area contributed by atoms with Gasteiger partial charge < -0.3 is 0 Å². The molecule has 0 unspecified atom stereocenters. The quantitative estimate of drug-likeness (QED) is 0.694. The average Bonchev–Trinajstić information content (AvgIpc) is 2.56. The Kier molecular flexibility index (Phi) is 4.10. The number of nitrogens with one attached hydrogen (secondary N) is 1. The van der Waals surface area contributed by atoms with E-state index in [1.54, 1.807) is 24.4 Å². The summed E-state index contributed by atoms with van der Waals surface area (Å²) in [6, 6.07) is 11.9. The van der Waals surface area contributed by atoms with Crippen molar-refractivity contribution in [2.75, 3.05) is 5.75 Å². The van der Waals surface area contributed by atoms with Gasteiger partial charge in [-0.25, -0.2) is 9.98 Å². The summed E-state index contributed by atoms with van der Waals surface area (Å²) >= 11 is 1.47. The molecule has 0 atom stereocenters. The second-order valence-corrected chi connectivity index (χ2v) is 5.34. The number of hydrogen-bond donors (Lipinski definition) is 1. The van der Waals surface area contributed by atoms with Gasteiger partial charge in [0, 0.05) is 29.6 Å². The van der Waals surface area contributed by atoms with Crippen molar-refractivity contribution in [1.82, 2.24) is 10.4 Å². The molecule has 1 aromatic heterocycles. The lowest BCUT2D eigenvalue weighted by Gasteiger charge is -2.14. The van der Waals surface area contributed by atoms with E-state index in [0.717, 1.165) is 11.3 Å². The summed E-state index contributed by atoms with van der Waals surface area (Å²) in [4.78, 5) is 18.8. The molecule has 2 aromatic rings. The molecule has 0 radical (unpaired) electrons. The Hall–Kier alpha value is -2.74. The van der Waals surface area contributed by atoms with Crippen molar-refractivity contribution < 1.29 is 4.92 Å². The van der Waals surface area contributed by atoms with Gasteiger partial charge in [-0.05, 0) is 12.1 Å². The highest BCUT2D eigenvalue weighted by Crippen LogP contribution is 2.19. The largest absolute Gasteiger partial charge is 0.270 e. The van der Waals surface area contributed by atoms with E-state index in [1.807, 2.05) is 12.1 Å². The monoisotopic (exact) mass is 313 g/mol. The minimum atomic E-state index is -0.415. The molecular formula is C14H11N5O2S. The lowest BCUT2D eigenvalue weighted by molar-refractivity contribution is -0.384. The maximum absolute atomic E-state index is 10.8. The minimum Gasteiger partial charge on any atom is -0.258 e. The lowest BCUT2D eigenvalue weighted by Crippen LogP contribution is -2.25. The van der Waals surface area contributed by atoms with Gasteiger partial charge in [0.15, 0.2) is 11.0 Å². The standard InChI is InChI=1S/C14H11N5O2S/c20-19(21)11-5-3-4-10(8-11)12-9-22-14(18-17-12)16-13-6-1-2-7-15-13/h1-8H,9H2,(H,15,16,18). The zero-order valence-corrected chi connectivity index (χ0v) is 12.2. The van der Waals surface area contributed by atoms with Crippen molar-refractivity contribution in [2.24, 2.45) is 10.1 Å². The second-order valence-electron chi connectivity index (χ2n) is 4.37. The third kappa shape index (κ3) is 3.29. The zero-order valence-electron chi connectivity index (χ0n) is 11.3. The molecule has 0 bridgehead atoms. The van der Waals surface area contributed by atoms with Gasteiger partial charge in [0.1, 0.15) is 0 Å². The van der Waals surface area contributed by atoms with E-state index in [2.05, 4.69) is 20.5 Å². The summed E-state index contributed by atoms with van der Waals surface area (Å²) in [5.74, 6) is 1.19. The number of aromatic nitrogens is 1. The average molecular weight is 313 g/mol. The molecule has 110 valence electrons. The molecule has 1 aromatic carbocycles. The smallest absolute Gasteiger partial charge is 0.258 e. The van der Waals surface area contributed by atoms with Crippen LogP contribution in [0.4, 0.5) is 11.5 Å². The predicted molar refractivity (Wildman–Crippen MR) is 86.6 cm³/mol. The fourth-order valence-electron chi connectivity index (χ4n) is 1.84. The summed E-state index contributed by atoms with van der Waals surface area (Å²) in [5, 5.41) is 15.7. The first kappa shape index (κ1) is 14.2. The molecule has 0 fully saturated rings. The van der Waals surface area contributed by atoms with E-state index in [9.17, 15) is 10.1 Å². The molecule has 0 amide bonds. The van der Waals surface area contributed by atoms with Crippen molar-refractivity contribution in [1.29, 1.82) is 0 Å². The van der Waals surface area contributed by atoms with Crippen LogP contribution in [0.15, 0.2) is 58.8 Å². The predicted octanol–water partition coefficient (Wildman–Crippen LogP) is 2.72. The van der Waals surface area contributed by atoms with Gasteiger partial charge in [-0.3, -0.25) is 15.5 Å². The second kappa shape index (κ2) is 6.35. The number of aliphatic imine (C=N–C) groups is 1. The first-order valence-electron chi connectivity index (χ1n) is 6.42. The topological polar surface area (TPSA) is 92.8 Å². The van der Waals surface area contributed by atoms with Crippen LogP contribution in [-0.4, -0.2) is 26.5 Å². The number of non-ortho nitro benzene ring substituents is 1. The Labute approximate surface area is 130 Å². The molecule has 2 heterocycles. The number of pyridine rings is 1. The number of hydrazone groups is 1. The molecule has 0 saturated heterocycles. The molecule has 0 aliphatic carbocycles. The molecule has 0 saturated carbocycles. The van der Waals surface area contributed by atoms with Crippen molar-refractivity contribution in [3.8, 4) is 0 Å². The fourth-order valence-corrected chi connectivity index (χ4v) is 2.62. The Bertz CT molecular complexity index is 761. The van der Waals surface area contributed by atoms with Crippen molar-refractivity contribution in [3.63, 3.8) is 0 Å². The highest BCUT2D eigenvalue weighted by molar-refractivity contribution is 8.14. The first-order chi connectivity index (χ1) is 10.7. The van der Waals surface area contributed by atoms with Crippen LogP contribution in [-0.2, 0) is 0 Å². The van der Waals surface area contributed by atoms with Gasteiger partial charge in [-0.1, -0.05) is 30.0 Å². The number of thioether (sulfide) groups is 1. The van der Waals surface area contributed by atoms with Gasteiger partial charge in [0.25, 0.3) is 5.69 Å². The number of amidine groups is 1. The van der Waals surface area contributed by atoms with Gasteiger partial charge in [-0.2, -0.15) is 5.10 Å². The Morgan fingerprint density at radius 2 is 2.18 bits per heavy atom. The van der Waals surface area contributed by atoms with Crippen LogP contribution >= 0.6 is 11.8 Å². The molecule has 3 rings (SSSR count). The Balaban J connectivity index is 1.78. The normalized spacial score (nSPS) is 16.0. The van der Waals surface area contributed by atoms with E-state index in [-0.39, 0.29) is 5.69 Å². The maximum atomic E-state index is 10.8. The van der Waals surface area contributed by atoms with Gasteiger partial charge in [-0.15, -0.1) is 0 Å². The molecule has 0 spiro atoms. The van der Waals surface area contributed by atoms with Crippen LogP contribution in [0.25, 0.3) is 0 Å². The highest BCUT2D eigenvalue weighted by Gasteiger charge is 2.15. The van der Waals surface area contributed by atoms with Crippen molar-refractivity contribution in [2.45, 2.75) is 0 Å². The van der Waals surface area contributed by atoms with E-state index in [4.69, 9.17) is 0 Å². The molecule has 1 aliphatic rings. The number of nitro benzene ring substituents is 1.